The van der Waals surface area contributed by atoms with Gasteiger partial charge in [-0.1, -0.05) is 0 Å². The zero-order chi connectivity index (χ0) is 9.30. The third-order valence-corrected chi connectivity index (χ3v) is 1.85. The molecule has 0 saturated heterocycles. The highest BCUT2D eigenvalue weighted by atomic mass is 32.2. The molecule has 0 saturated carbocycles. The molecule has 1 unspecified atom stereocenters. The molecule has 0 N–H and O–H groups in total. The van der Waals surface area contributed by atoms with E-state index in [9.17, 15) is 21.9 Å². The van der Waals surface area contributed by atoms with Crippen LogP contribution in [0, 0.1) is 17.5 Å². The maximum atomic E-state index is 12.5. The fourth-order valence-corrected chi connectivity index (χ4v) is 1.12. The lowest BCUT2D eigenvalue weighted by Gasteiger charge is -2.06. The molecule has 0 spiro atoms. The molecule has 0 aromatic heterocycles. The van der Waals surface area contributed by atoms with Crippen molar-refractivity contribution >= 4 is 11.1 Å². The third kappa shape index (κ3) is 1.64. The van der Waals surface area contributed by atoms with E-state index in [1.54, 1.807) is 0 Å². The summed E-state index contributed by atoms with van der Waals surface area (Å²) in [4.78, 5) is -1.14. The fraction of sp³-hybridized carbons (Fsp3) is 0. The lowest BCUT2D eigenvalue weighted by molar-refractivity contribution is 0.482. The summed E-state index contributed by atoms with van der Waals surface area (Å²) < 4.78 is 57.5. The van der Waals surface area contributed by atoms with E-state index < -0.39 is 33.4 Å². The molecule has 66 valence electrons. The summed E-state index contributed by atoms with van der Waals surface area (Å²) in [6.07, 6.45) is 0. The molecule has 0 fully saturated rings. The quantitative estimate of drug-likeness (QED) is 0.634. The highest BCUT2D eigenvalue weighted by molar-refractivity contribution is 7.79. The van der Waals surface area contributed by atoms with E-state index in [0.717, 1.165) is 0 Å². The van der Waals surface area contributed by atoms with E-state index in [1.807, 2.05) is 0 Å². The molecule has 1 aromatic carbocycles. The topological polar surface area (TPSA) is 40.1 Å². The zero-order valence-corrected chi connectivity index (χ0v) is 6.33. The SMILES string of the molecule is O=S([O-])c1c(F)cc(F)cc1F. The monoisotopic (exact) mass is 195 g/mol. The van der Waals surface area contributed by atoms with Crippen LogP contribution in [0.15, 0.2) is 17.0 Å². The minimum Gasteiger partial charge on any atom is -0.768 e. The number of benzene rings is 1. The second kappa shape index (κ2) is 3.24. The molecule has 2 nitrogen and oxygen atoms in total. The lowest BCUT2D eigenvalue weighted by Crippen LogP contribution is -1.99. The fourth-order valence-electron chi connectivity index (χ4n) is 0.688. The van der Waals surface area contributed by atoms with Crippen molar-refractivity contribution in [2.45, 2.75) is 4.90 Å². The molecule has 0 heterocycles. The Kier molecular flexibility index (Phi) is 2.49. The van der Waals surface area contributed by atoms with Gasteiger partial charge in [0, 0.05) is 12.1 Å². The maximum Gasteiger partial charge on any atom is 0.144 e. The Labute approximate surface area is 68.3 Å². The van der Waals surface area contributed by atoms with Crippen molar-refractivity contribution in [3.8, 4) is 0 Å². The number of hydrogen-bond acceptors (Lipinski definition) is 2. The molecule has 0 aliphatic carbocycles. The normalized spacial score (nSPS) is 13.0. The van der Waals surface area contributed by atoms with Gasteiger partial charge in [-0.05, 0) is 11.1 Å². The van der Waals surface area contributed by atoms with Gasteiger partial charge in [0.25, 0.3) is 0 Å². The molecule has 1 atom stereocenters. The Morgan fingerprint density at radius 3 is 1.92 bits per heavy atom. The minimum atomic E-state index is -3.03. The van der Waals surface area contributed by atoms with Crippen molar-refractivity contribution in [3.05, 3.63) is 29.6 Å². The van der Waals surface area contributed by atoms with Gasteiger partial charge in [-0.2, -0.15) is 0 Å². The number of rotatable bonds is 1. The van der Waals surface area contributed by atoms with Gasteiger partial charge in [0.15, 0.2) is 0 Å². The molecule has 0 aliphatic heterocycles. The van der Waals surface area contributed by atoms with Crippen molar-refractivity contribution in [3.63, 3.8) is 0 Å². The molecular formula is C6H2F3O2S-. The average Bonchev–Trinajstić information content (AvgIpc) is 1.82. The van der Waals surface area contributed by atoms with Gasteiger partial charge in [-0.25, -0.2) is 13.2 Å². The molecule has 12 heavy (non-hydrogen) atoms. The largest absolute Gasteiger partial charge is 0.768 e. The Balaban J connectivity index is 3.38. The summed E-state index contributed by atoms with van der Waals surface area (Å²) in [7, 11) is 0. The van der Waals surface area contributed by atoms with Gasteiger partial charge in [0.2, 0.25) is 0 Å². The second-order valence-electron chi connectivity index (χ2n) is 1.93. The van der Waals surface area contributed by atoms with Gasteiger partial charge in [0.05, 0.1) is 4.90 Å². The van der Waals surface area contributed by atoms with E-state index in [1.165, 1.54) is 0 Å². The Morgan fingerprint density at radius 1 is 1.17 bits per heavy atom. The summed E-state index contributed by atoms with van der Waals surface area (Å²) in [6.45, 7) is 0. The first-order valence-electron chi connectivity index (χ1n) is 2.76. The van der Waals surface area contributed by atoms with Crippen LogP contribution in [0.3, 0.4) is 0 Å². The summed E-state index contributed by atoms with van der Waals surface area (Å²) in [5, 5.41) is 0. The molecule has 6 heteroatoms. The highest BCUT2D eigenvalue weighted by Crippen LogP contribution is 2.16. The van der Waals surface area contributed by atoms with E-state index in [0.29, 0.717) is 12.1 Å². The van der Waals surface area contributed by atoms with Crippen molar-refractivity contribution in [2.75, 3.05) is 0 Å². The van der Waals surface area contributed by atoms with Crippen LogP contribution in [0.4, 0.5) is 13.2 Å². The molecule has 1 rings (SSSR count). The van der Waals surface area contributed by atoms with Crippen molar-refractivity contribution in [2.24, 2.45) is 0 Å². The standard InChI is InChI=1S/C6H3F3O2S/c7-3-1-4(8)6(12(10)11)5(9)2-3/h1-2H,(H,10,11)/p-1. The van der Waals surface area contributed by atoms with Crippen molar-refractivity contribution in [1.29, 1.82) is 0 Å². The lowest BCUT2D eigenvalue weighted by atomic mass is 10.3. The van der Waals surface area contributed by atoms with Crippen LogP contribution in [-0.4, -0.2) is 8.76 Å². The van der Waals surface area contributed by atoms with Crippen LogP contribution in [0.5, 0.6) is 0 Å². The Morgan fingerprint density at radius 2 is 1.58 bits per heavy atom. The molecule has 0 amide bonds. The molecule has 0 radical (unpaired) electrons. The maximum absolute atomic E-state index is 12.5. The van der Waals surface area contributed by atoms with Gasteiger partial charge in [-0.3, -0.25) is 4.21 Å². The molecular weight excluding hydrogens is 193 g/mol. The van der Waals surface area contributed by atoms with E-state index >= 15 is 0 Å². The number of hydrogen-bond donors (Lipinski definition) is 0. The minimum absolute atomic E-state index is 0.300. The van der Waals surface area contributed by atoms with Crippen LogP contribution < -0.4 is 0 Å². The van der Waals surface area contributed by atoms with Crippen LogP contribution in [0.1, 0.15) is 0 Å². The molecule has 0 aliphatic rings. The predicted octanol–water partition coefficient (Wildman–Crippen LogP) is 1.34. The third-order valence-electron chi connectivity index (χ3n) is 1.13. The summed E-state index contributed by atoms with van der Waals surface area (Å²) in [6, 6.07) is 0.600. The first-order valence-corrected chi connectivity index (χ1v) is 3.83. The summed E-state index contributed by atoms with van der Waals surface area (Å²) >= 11 is -3.03. The first kappa shape index (κ1) is 9.21. The summed E-state index contributed by atoms with van der Waals surface area (Å²) in [5.74, 6) is -4.01. The first-order chi connectivity index (χ1) is 5.52. The van der Waals surface area contributed by atoms with E-state index in [4.69, 9.17) is 0 Å². The van der Waals surface area contributed by atoms with Crippen LogP contribution in [0.25, 0.3) is 0 Å². The zero-order valence-electron chi connectivity index (χ0n) is 5.51. The van der Waals surface area contributed by atoms with Crippen LogP contribution in [-0.2, 0) is 11.1 Å². The van der Waals surface area contributed by atoms with Gasteiger partial charge >= 0.3 is 0 Å². The molecule has 0 bridgehead atoms. The number of halogens is 3. The summed E-state index contributed by atoms with van der Waals surface area (Å²) in [5.41, 5.74) is 0. The van der Waals surface area contributed by atoms with Crippen molar-refractivity contribution < 1.29 is 21.9 Å². The predicted molar refractivity (Wildman–Crippen MR) is 33.5 cm³/mol. The van der Waals surface area contributed by atoms with Gasteiger partial charge < -0.3 is 4.55 Å². The van der Waals surface area contributed by atoms with E-state index in [-0.39, 0.29) is 0 Å². The van der Waals surface area contributed by atoms with Crippen LogP contribution >= 0.6 is 0 Å². The average molecular weight is 195 g/mol. The Hall–Kier alpha value is -0.880. The smallest absolute Gasteiger partial charge is 0.144 e. The second-order valence-corrected chi connectivity index (χ2v) is 2.81. The van der Waals surface area contributed by atoms with Crippen molar-refractivity contribution in [1.82, 2.24) is 0 Å². The highest BCUT2D eigenvalue weighted by Gasteiger charge is 2.11. The van der Waals surface area contributed by atoms with Gasteiger partial charge in [0.1, 0.15) is 17.5 Å². The van der Waals surface area contributed by atoms with Gasteiger partial charge in [-0.15, -0.1) is 0 Å². The molecule has 1 aromatic rings. The Bertz CT molecular complexity index is 317. The van der Waals surface area contributed by atoms with Crippen LogP contribution in [0.2, 0.25) is 0 Å². The van der Waals surface area contributed by atoms with E-state index in [2.05, 4.69) is 0 Å².